The second-order valence-corrected chi connectivity index (χ2v) is 7.79. The molecule has 1 aliphatic heterocycles. The number of ether oxygens (including phenoxy) is 1. The molecule has 7 heteroatoms. The molecular formula is C23H26N4O2S. The fourth-order valence-corrected chi connectivity index (χ4v) is 4.66. The van der Waals surface area contributed by atoms with E-state index in [4.69, 9.17) is 17.0 Å². The van der Waals surface area contributed by atoms with Crippen molar-refractivity contribution >= 4 is 17.3 Å². The van der Waals surface area contributed by atoms with Gasteiger partial charge in [0.15, 0.2) is 5.11 Å². The molecule has 2 atom stereocenters. The minimum absolute atomic E-state index is 0.0296. The van der Waals surface area contributed by atoms with Gasteiger partial charge in [-0.05, 0) is 62.0 Å². The van der Waals surface area contributed by atoms with E-state index in [9.17, 15) is 5.11 Å². The van der Waals surface area contributed by atoms with Gasteiger partial charge in [0.2, 0.25) is 0 Å². The van der Waals surface area contributed by atoms with Crippen LogP contribution in [0, 0.1) is 13.8 Å². The third kappa shape index (κ3) is 3.55. The number of rotatable bonds is 6. The highest BCUT2D eigenvalue weighted by atomic mass is 32.1. The van der Waals surface area contributed by atoms with Crippen LogP contribution in [0.4, 0.5) is 0 Å². The van der Waals surface area contributed by atoms with Gasteiger partial charge in [0.05, 0.1) is 31.5 Å². The SMILES string of the molecule is COc1cccc(-n2c(C)cc([C@@H]3[C@H](c4ccccn4)NC(=S)N3CCO)c2C)c1. The monoisotopic (exact) mass is 422 g/mol. The average Bonchev–Trinajstić information content (AvgIpc) is 3.24. The molecule has 4 rings (SSSR count). The van der Waals surface area contributed by atoms with Crippen LogP contribution in [0.1, 0.15) is 34.7 Å². The number of β-amino-alcohol motifs (C(OH)–C–C–N with tert-alkyl or cyclic N) is 1. The molecular weight excluding hydrogens is 396 g/mol. The predicted octanol–water partition coefficient (Wildman–Crippen LogP) is 3.46. The lowest BCUT2D eigenvalue weighted by molar-refractivity contribution is 0.223. The van der Waals surface area contributed by atoms with Crippen molar-refractivity contribution in [3.63, 3.8) is 0 Å². The van der Waals surface area contributed by atoms with Crippen LogP contribution in [0.5, 0.6) is 5.75 Å². The van der Waals surface area contributed by atoms with Crippen molar-refractivity contribution in [2.45, 2.75) is 25.9 Å². The first kappa shape index (κ1) is 20.4. The Balaban J connectivity index is 1.83. The summed E-state index contributed by atoms with van der Waals surface area (Å²) in [5, 5.41) is 13.7. The zero-order valence-corrected chi connectivity index (χ0v) is 18.2. The van der Waals surface area contributed by atoms with Crippen LogP contribution in [0.2, 0.25) is 0 Å². The number of nitrogens with one attached hydrogen (secondary N) is 1. The van der Waals surface area contributed by atoms with Gasteiger partial charge < -0.3 is 24.6 Å². The third-order valence-corrected chi connectivity index (χ3v) is 5.99. The first-order valence-electron chi connectivity index (χ1n) is 9.97. The molecule has 30 heavy (non-hydrogen) atoms. The summed E-state index contributed by atoms with van der Waals surface area (Å²) in [5.41, 5.74) is 5.38. The summed E-state index contributed by atoms with van der Waals surface area (Å²) in [4.78, 5) is 6.63. The Labute approximate surface area is 182 Å². The average molecular weight is 423 g/mol. The molecule has 1 saturated heterocycles. The number of methoxy groups -OCH3 is 1. The topological polar surface area (TPSA) is 62.5 Å². The van der Waals surface area contributed by atoms with E-state index in [0.29, 0.717) is 11.7 Å². The van der Waals surface area contributed by atoms with Crippen molar-refractivity contribution in [3.05, 3.63) is 77.4 Å². The van der Waals surface area contributed by atoms with E-state index in [1.54, 1.807) is 13.3 Å². The van der Waals surface area contributed by atoms with E-state index in [2.05, 4.69) is 45.7 Å². The molecule has 0 radical (unpaired) electrons. The fraction of sp³-hybridized carbons (Fsp3) is 0.304. The maximum absolute atomic E-state index is 9.67. The zero-order valence-electron chi connectivity index (χ0n) is 17.4. The second kappa shape index (κ2) is 8.45. The smallest absolute Gasteiger partial charge is 0.170 e. The molecule has 0 bridgehead atoms. The third-order valence-electron chi connectivity index (χ3n) is 5.64. The summed E-state index contributed by atoms with van der Waals surface area (Å²) in [6.45, 7) is 4.71. The van der Waals surface area contributed by atoms with Crippen LogP contribution in [0.25, 0.3) is 5.69 Å². The molecule has 0 aliphatic carbocycles. The number of aliphatic hydroxyl groups is 1. The maximum Gasteiger partial charge on any atom is 0.170 e. The lowest BCUT2D eigenvalue weighted by Crippen LogP contribution is -2.32. The summed E-state index contributed by atoms with van der Waals surface area (Å²) in [5.74, 6) is 0.818. The highest BCUT2D eigenvalue weighted by Crippen LogP contribution is 2.41. The summed E-state index contributed by atoms with van der Waals surface area (Å²) in [6.07, 6.45) is 1.80. The molecule has 1 fully saturated rings. The lowest BCUT2D eigenvalue weighted by Gasteiger charge is -2.27. The molecule has 6 nitrogen and oxygen atoms in total. The van der Waals surface area contributed by atoms with Crippen LogP contribution in [0.3, 0.4) is 0 Å². The van der Waals surface area contributed by atoms with Crippen molar-refractivity contribution < 1.29 is 9.84 Å². The quantitative estimate of drug-likeness (QED) is 0.593. The molecule has 2 aromatic heterocycles. The number of aryl methyl sites for hydroxylation is 1. The minimum Gasteiger partial charge on any atom is -0.497 e. The molecule has 3 aromatic rings. The highest BCUT2D eigenvalue weighted by molar-refractivity contribution is 7.80. The van der Waals surface area contributed by atoms with Gasteiger partial charge >= 0.3 is 0 Å². The summed E-state index contributed by atoms with van der Waals surface area (Å²) in [6, 6.07) is 16.0. The second-order valence-electron chi connectivity index (χ2n) is 7.41. The number of aliphatic hydroxyl groups excluding tert-OH is 1. The molecule has 0 saturated carbocycles. The van der Waals surface area contributed by atoms with Gasteiger partial charge in [-0.25, -0.2) is 0 Å². The Morgan fingerprint density at radius 3 is 2.70 bits per heavy atom. The van der Waals surface area contributed by atoms with Crippen LogP contribution < -0.4 is 10.1 Å². The molecule has 0 amide bonds. The summed E-state index contributed by atoms with van der Waals surface area (Å²) < 4.78 is 7.64. The maximum atomic E-state index is 9.67. The van der Waals surface area contributed by atoms with Gasteiger partial charge in [-0.2, -0.15) is 0 Å². The van der Waals surface area contributed by atoms with Gasteiger partial charge in [0.1, 0.15) is 5.75 Å². The summed E-state index contributed by atoms with van der Waals surface area (Å²) in [7, 11) is 1.68. The normalized spacial score (nSPS) is 18.5. The number of benzene rings is 1. The van der Waals surface area contributed by atoms with Crippen molar-refractivity contribution in [2.24, 2.45) is 0 Å². The number of aromatic nitrogens is 2. The van der Waals surface area contributed by atoms with E-state index >= 15 is 0 Å². The van der Waals surface area contributed by atoms with Crippen molar-refractivity contribution in [1.29, 1.82) is 0 Å². The van der Waals surface area contributed by atoms with Crippen LogP contribution in [0.15, 0.2) is 54.7 Å². The Morgan fingerprint density at radius 2 is 2.00 bits per heavy atom. The molecule has 1 aliphatic rings. The van der Waals surface area contributed by atoms with Gasteiger partial charge in [-0.1, -0.05) is 12.1 Å². The van der Waals surface area contributed by atoms with Crippen molar-refractivity contribution in [2.75, 3.05) is 20.3 Å². The Morgan fingerprint density at radius 1 is 1.17 bits per heavy atom. The standard InChI is InChI=1S/C23H26N4O2S/c1-15-13-19(16(2)27(15)17-7-6-8-18(14-17)29-3)22-21(20-9-4-5-10-24-20)25-23(30)26(22)11-12-28/h4-10,13-14,21-22,28H,11-12H2,1-3H3,(H,25,30)/t21-,22+/m0/s1. The van der Waals surface area contributed by atoms with E-state index in [1.165, 1.54) is 0 Å². The number of pyridine rings is 1. The van der Waals surface area contributed by atoms with Gasteiger partial charge in [0, 0.05) is 35.9 Å². The number of nitrogens with zero attached hydrogens (tertiary/aromatic N) is 3. The van der Waals surface area contributed by atoms with Crippen molar-refractivity contribution in [1.82, 2.24) is 19.8 Å². The Hall–Kier alpha value is -2.90. The summed E-state index contributed by atoms with van der Waals surface area (Å²) >= 11 is 5.62. The lowest BCUT2D eigenvalue weighted by atomic mass is 9.97. The Bertz CT molecular complexity index is 1050. The zero-order chi connectivity index (χ0) is 21.3. The fourth-order valence-electron chi connectivity index (χ4n) is 4.33. The number of thiocarbonyl (C=S) groups is 1. The molecule has 3 heterocycles. The van der Waals surface area contributed by atoms with Gasteiger partial charge in [-0.15, -0.1) is 0 Å². The highest BCUT2D eigenvalue weighted by Gasteiger charge is 2.41. The Kier molecular flexibility index (Phi) is 5.74. The largest absolute Gasteiger partial charge is 0.497 e. The predicted molar refractivity (Wildman–Crippen MR) is 121 cm³/mol. The van der Waals surface area contributed by atoms with Crippen LogP contribution in [-0.4, -0.2) is 44.9 Å². The van der Waals surface area contributed by atoms with E-state index in [1.807, 2.05) is 36.4 Å². The minimum atomic E-state index is -0.0930. The molecule has 2 N–H and O–H groups in total. The van der Waals surface area contributed by atoms with Gasteiger partial charge in [0.25, 0.3) is 0 Å². The van der Waals surface area contributed by atoms with E-state index in [-0.39, 0.29) is 18.7 Å². The number of hydrogen-bond donors (Lipinski definition) is 2. The van der Waals surface area contributed by atoms with Crippen molar-refractivity contribution in [3.8, 4) is 11.4 Å². The molecule has 1 aromatic carbocycles. The number of hydrogen-bond acceptors (Lipinski definition) is 4. The first-order chi connectivity index (χ1) is 14.5. The van der Waals surface area contributed by atoms with Gasteiger partial charge in [-0.3, -0.25) is 4.98 Å². The molecule has 0 unspecified atom stereocenters. The molecule has 0 spiro atoms. The van der Waals surface area contributed by atoms with E-state index in [0.717, 1.165) is 34.1 Å². The van der Waals surface area contributed by atoms with Crippen LogP contribution >= 0.6 is 12.2 Å². The van der Waals surface area contributed by atoms with E-state index < -0.39 is 0 Å². The first-order valence-corrected chi connectivity index (χ1v) is 10.4. The molecule has 156 valence electrons. The van der Waals surface area contributed by atoms with Crippen LogP contribution in [-0.2, 0) is 0 Å².